The van der Waals surface area contributed by atoms with Crippen LogP contribution in [0.4, 0.5) is 0 Å². The molecule has 1 aromatic carbocycles. The molecule has 0 atom stereocenters. The van der Waals surface area contributed by atoms with Crippen LogP contribution in [0.1, 0.15) is 5.56 Å². The summed E-state index contributed by atoms with van der Waals surface area (Å²) < 4.78 is 23.2. The van der Waals surface area contributed by atoms with Crippen LogP contribution < -0.4 is 5.69 Å². The summed E-state index contributed by atoms with van der Waals surface area (Å²) in [4.78, 5) is 13.8. The number of nitrogens with one attached hydrogen (secondary N) is 1. The molecule has 0 radical (unpaired) electrons. The number of hydrogen-bond acceptors (Lipinski definition) is 3. The molecular formula is C10H9ClN2O3S. The van der Waals surface area contributed by atoms with Crippen molar-refractivity contribution in [3.63, 3.8) is 0 Å². The van der Waals surface area contributed by atoms with Crippen LogP contribution in [0, 0.1) is 0 Å². The molecule has 1 heterocycles. The van der Waals surface area contributed by atoms with Crippen molar-refractivity contribution in [3.8, 4) is 5.69 Å². The molecule has 1 N–H and O–H groups in total. The number of H-pyrrole nitrogens is 1. The first-order chi connectivity index (χ1) is 7.96. The Hall–Kier alpha value is -1.53. The van der Waals surface area contributed by atoms with E-state index >= 15 is 0 Å². The summed E-state index contributed by atoms with van der Waals surface area (Å²) in [7, 11) is 1.59. The zero-order valence-corrected chi connectivity index (χ0v) is 10.2. The number of halogens is 1. The van der Waals surface area contributed by atoms with Gasteiger partial charge in [0, 0.05) is 23.1 Å². The standard InChI is InChI=1S/C10H9ClN2O3S/c11-17(15,16)7-8-1-3-9(4-2-8)13-6-5-12-10(13)14/h1-6H,7H2,(H,12,14). The molecule has 2 rings (SSSR count). The van der Waals surface area contributed by atoms with Crippen LogP contribution >= 0.6 is 10.7 Å². The SMILES string of the molecule is O=c1[nH]ccn1-c1ccc(CS(=O)(=O)Cl)cc1. The molecule has 2 aromatic rings. The molecule has 17 heavy (non-hydrogen) atoms. The van der Waals surface area contributed by atoms with E-state index in [1.807, 2.05) is 0 Å². The highest BCUT2D eigenvalue weighted by Crippen LogP contribution is 2.12. The predicted molar refractivity (Wildman–Crippen MR) is 64.9 cm³/mol. The van der Waals surface area contributed by atoms with Gasteiger partial charge in [-0.05, 0) is 17.7 Å². The number of rotatable bonds is 3. The Kier molecular flexibility index (Phi) is 3.08. The lowest BCUT2D eigenvalue weighted by Crippen LogP contribution is -2.13. The van der Waals surface area contributed by atoms with E-state index in [9.17, 15) is 13.2 Å². The minimum Gasteiger partial charge on any atom is -0.312 e. The van der Waals surface area contributed by atoms with E-state index in [-0.39, 0.29) is 11.4 Å². The lowest BCUT2D eigenvalue weighted by Gasteiger charge is -2.02. The van der Waals surface area contributed by atoms with Crippen molar-refractivity contribution in [2.75, 3.05) is 0 Å². The molecule has 0 aliphatic carbocycles. The summed E-state index contributed by atoms with van der Waals surface area (Å²) in [5.74, 6) is -0.225. The van der Waals surface area contributed by atoms with E-state index in [1.165, 1.54) is 10.8 Å². The van der Waals surface area contributed by atoms with Gasteiger partial charge in [0.05, 0.1) is 11.4 Å². The highest BCUT2D eigenvalue weighted by Gasteiger charge is 2.07. The third-order valence-corrected chi connectivity index (χ3v) is 3.21. The monoisotopic (exact) mass is 272 g/mol. The second-order valence-corrected chi connectivity index (χ2v) is 6.26. The Morgan fingerprint density at radius 2 is 1.88 bits per heavy atom. The highest BCUT2D eigenvalue weighted by molar-refractivity contribution is 8.13. The van der Waals surface area contributed by atoms with E-state index in [0.717, 1.165) is 0 Å². The topological polar surface area (TPSA) is 71.9 Å². The van der Waals surface area contributed by atoms with Gasteiger partial charge in [0.2, 0.25) is 9.05 Å². The fourth-order valence-electron chi connectivity index (χ4n) is 1.48. The average molecular weight is 273 g/mol. The maximum absolute atomic E-state index is 11.3. The summed E-state index contributed by atoms with van der Waals surface area (Å²) in [5, 5.41) is 0. The number of benzene rings is 1. The molecular weight excluding hydrogens is 264 g/mol. The molecule has 7 heteroatoms. The van der Waals surface area contributed by atoms with E-state index in [0.29, 0.717) is 11.3 Å². The third kappa shape index (κ3) is 2.98. The van der Waals surface area contributed by atoms with Crippen LogP contribution in [0.15, 0.2) is 41.5 Å². The molecule has 5 nitrogen and oxygen atoms in total. The maximum atomic E-state index is 11.3. The molecule has 0 spiro atoms. The van der Waals surface area contributed by atoms with Crippen LogP contribution in [-0.4, -0.2) is 18.0 Å². The molecule has 90 valence electrons. The van der Waals surface area contributed by atoms with Gasteiger partial charge in [-0.25, -0.2) is 13.2 Å². The van der Waals surface area contributed by atoms with Gasteiger partial charge in [0.15, 0.2) is 0 Å². The summed E-state index contributed by atoms with van der Waals surface area (Å²) in [5.41, 5.74) is 0.988. The summed E-state index contributed by atoms with van der Waals surface area (Å²) in [6.07, 6.45) is 3.12. The largest absolute Gasteiger partial charge is 0.330 e. The van der Waals surface area contributed by atoms with Crippen LogP contribution in [0.2, 0.25) is 0 Å². The fraction of sp³-hybridized carbons (Fsp3) is 0.100. The molecule has 0 unspecified atom stereocenters. The lowest BCUT2D eigenvalue weighted by atomic mass is 10.2. The van der Waals surface area contributed by atoms with Crippen molar-refractivity contribution in [2.24, 2.45) is 0 Å². The van der Waals surface area contributed by atoms with Crippen molar-refractivity contribution in [1.29, 1.82) is 0 Å². The molecule has 0 saturated carbocycles. The van der Waals surface area contributed by atoms with Crippen molar-refractivity contribution < 1.29 is 8.42 Å². The zero-order chi connectivity index (χ0) is 12.5. The molecule has 1 aromatic heterocycles. The Morgan fingerprint density at radius 3 is 2.35 bits per heavy atom. The first-order valence-corrected chi connectivity index (χ1v) is 7.21. The van der Waals surface area contributed by atoms with Crippen LogP contribution in [0.5, 0.6) is 0 Å². The van der Waals surface area contributed by atoms with Gasteiger partial charge < -0.3 is 4.98 Å². The van der Waals surface area contributed by atoms with Crippen molar-refractivity contribution in [1.82, 2.24) is 9.55 Å². The first kappa shape index (κ1) is 11.9. The fourth-order valence-corrected chi connectivity index (χ4v) is 2.44. The van der Waals surface area contributed by atoms with Crippen molar-refractivity contribution >= 4 is 19.7 Å². The summed E-state index contributed by atoms with van der Waals surface area (Å²) >= 11 is 0. The Morgan fingerprint density at radius 1 is 1.24 bits per heavy atom. The Balaban J connectivity index is 2.31. The smallest absolute Gasteiger partial charge is 0.312 e. The Labute approximate surface area is 102 Å². The predicted octanol–water partition coefficient (Wildman–Crippen LogP) is 1.23. The number of hydrogen-bond donors (Lipinski definition) is 1. The molecule has 0 saturated heterocycles. The van der Waals surface area contributed by atoms with E-state index in [4.69, 9.17) is 10.7 Å². The summed E-state index contributed by atoms with van der Waals surface area (Å²) in [6, 6.07) is 6.56. The van der Waals surface area contributed by atoms with E-state index in [1.54, 1.807) is 30.5 Å². The number of imidazole rings is 1. The van der Waals surface area contributed by atoms with Crippen LogP contribution in [0.3, 0.4) is 0 Å². The highest BCUT2D eigenvalue weighted by atomic mass is 35.7. The number of nitrogens with zero attached hydrogens (tertiary/aromatic N) is 1. The third-order valence-electron chi connectivity index (χ3n) is 2.20. The van der Waals surface area contributed by atoms with Gasteiger partial charge >= 0.3 is 5.69 Å². The van der Waals surface area contributed by atoms with Gasteiger partial charge in [-0.2, -0.15) is 0 Å². The Bertz CT molecular complexity index is 670. The second-order valence-electron chi connectivity index (χ2n) is 3.48. The van der Waals surface area contributed by atoms with Gasteiger partial charge in [-0.1, -0.05) is 12.1 Å². The average Bonchev–Trinajstić information content (AvgIpc) is 2.63. The van der Waals surface area contributed by atoms with Crippen molar-refractivity contribution in [3.05, 3.63) is 52.7 Å². The second kappa shape index (κ2) is 4.38. The van der Waals surface area contributed by atoms with Crippen LogP contribution in [0.25, 0.3) is 5.69 Å². The number of aromatic amines is 1. The molecule has 0 aliphatic heterocycles. The molecule has 0 bridgehead atoms. The molecule has 0 aliphatic rings. The van der Waals surface area contributed by atoms with Crippen molar-refractivity contribution in [2.45, 2.75) is 5.75 Å². The minimum atomic E-state index is -3.55. The van der Waals surface area contributed by atoms with E-state index < -0.39 is 9.05 Å². The van der Waals surface area contributed by atoms with Gasteiger partial charge in [0.1, 0.15) is 0 Å². The first-order valence-electron chi connectivity index (χ1n) is 4.73. The van der Waals surface area contributed by atoms with Crippen LogP contribution in [-0.2, 0) is 14.8 Å². The zero-order valence-electron chi connectivity index (χ0n) is 8.63. The number of aromatic nitrogens is 2. The minimum absolute atomic E-state index is 0.225. The molecule has 0 fully saturated rings. The normalized spacial score (nSPS) is 11.6. The summed E-state index contributed by atoms with van der Waals surface area (Å²) in [6.45, 7) is 0. The van der Waals surface area contributed by atoms with Gasteiger partial charge in [-0.15, -0.1) is 0 Å². The van der Waals surface area contributed by atoms with Gasteiger partial charge in [-0.3, -0.25) is 4.57 Å². The quantitative estimate of drug-likeness (QED) is 0.855. The maximum Gasteiger partial charge on any atom is 0.330 e. The lowest BCUT2D eigenvalue weighted by molar-refractivity contribution is 0.609. The molecule has 0 amide bonds. The van der Waals surface area contributed by atoms with E-state index in [2.05, 4.69) is 4.98 Å². The van der Waals surface area contributed by atoms with Gasteiger partial charge in [0.25, 0.3) is 0 Å².